The number of aliphatic carboxylic acids is 1. The number of esters is 2. The molecule has 0 aromatic heterocycles. The Kier molecular flexibility index (Phi) is 4.25. The van der Waals surface area contributed by atoms with Crippen molar-refractivity contribution in [1.82, 2.24) is 5.32 Å². The Bertz CT molecular complexity index is 501. The fourth-order valence-electron chi connectivity index (χ4n) is 2.59. The van der Waals surface area contributed by atoms with Gasteiger partial charge in [0.05, 0.1) is 11.8 Å². The Hall–Kier alpha value is -2.38. The molecule has 2 aliphatic rings. The second-order valence-corrected chi connectivity index (χ2v) is 4.96. The highest BCUT2D eigenvalue weighted by atomic mass is 16.6. The summed E-state index contributed by atoms with van der Waals surface area (Å²) in [7, 11) is 0. The lowest BCUT2D eigenvalue weighted by atomic mass is 9.79. The van der Waals surface area contributed by atoms with E-state index in [0.717, 1.165) is 6.08 Å². The maximum absolute atomic E-state index is 11.7. The van der Waals surface area contributed by atoms with Gasteiger partial charge in [0.25, 0.3) is 0 Å². The first kappa shape index (κ1) is 15.0. The molecule has 2 N–H and O–H groups in total. The van der Waals surface area contributed by atoms with Crippen LogP contribution >= 0.6 is 0 Å². The highest BCUT2D eigenvalue weighted by molar-refractivity contribution is 5.89. The number of fused-ring (bicyclic) bond motifs is 2. The minimum absolute atomic E-state index is 0.0850. The zero-order chi connectivity index (χ0) is 15.6. The number of nitrogens with one attached hydrogen (secondary N) is 1. The molecule has 21 heavy (non-hydrogen) atoms. The molecule has 8 nitrogen and oxygen atoms in total. The molecule has 4 atom stereocenters. The molecule has 0 radical (unpaired) electrons. The van der Waals surface area contributed by atoms with Crippen LogP contribution in [0.5, 0.6) is 0 Å². The van der Waals surface area contributed by atoms with E-state index in [9.17, 15) is 24.3 Å². The van der Waals surface area contributed by atoms with Crippen LogP contribution in [-0.4, -0.2) is 47.7 Å². The van der Waals surface area contributed by atoms with Crippen molar-refractivity contribution in [3.05, 3.63) is 12.7 Å². The molecule has 1 aliphatic heterocycles. The Morgan fingerprint density at radius 3 is 2.76 bits per heavy atom. The first-order valence-corrected chi connectivity index (χ1v) is 6.45. The van der Waals surface area contributed by atoms with Crippen molar-refractivity contribution < 1.29 is 33.8 Å². The number of carbonyl (C=O) groups is 4. The summed E-state index contributed by atoms with van der Waals surface area (Å²) in [6, 6.07) is 0. The lowest BCUT2D eigenvalue weighted by Crippen LogP contribution is -2.45. The molecular weight excluding hydrogens is 282 g/mol. The van der Waals surface area contributed by atoms with Crippen LogP contribution in [0.1, 0.15) is 12.8 Å². The summed E-state index contributed by atoms with van der Waals surface area (Å²) in [6.07, 6.45) is -0.340. The van der Waals surface area contributed by atoms with Crippen molar-refractivity contribution in [3.63, 3.8) is 0 Å². The minimum atomic E-state index is -1.14. The number of carbonyl (C=O) groups excluding carboxylic acids is 3. The number of carboxylic acids is 1. The first-order chi connectivity index (χ1) is 9.92. The maximum atomic E-state index is 11.7. The molecule has 0 spiro atoms. The van der Waals surface area contributed by atoms with Gasteiger partial charge in [-0.25, -0.2) is 0 Å². The number of amides is 1. The summed E-state index contributed by atoms with van der Waals surface area (Å²) in [5.74, 6) is -4.37. The SMILES string of the molecule is C=CC(=O)NCC(=O)OC1C2CC(CC1C(=O)O)C(=O)O2. The summed E-state index contributed by atoms with van der Waals surface area (Å²) in [5, 5.41) is 11.4. The standard InChI is InChI=1S/C13H15NO7/c1-2-9(15)14-5-10(16)21-11-7(12(17)18)3-6-4-8(11)20-13(6)19/h2,6-8,11H,1,3-5H2,(H,14,15)(H,17,18). The monoisotopic (exact) mass is 297 g/mol. The predicted octanol–water partition coefficient (Wildman–Crippen LogP) is -0.763. The van der Waals surface area contributed by atoms with Crippen molar-refractivity contribution in [2.45, 2.75) is 25.0 Å². The number of hydrogen-bond acceptors (Lipinski definition) is 6. The minimum Gasteiger partial charge on any atom is -0.481 e. The van der Waals surface area contributed by atoms with Gasteiger partial charge in [-0.2, -0.15) is 0 Å². The van der Waals surface area contributed by atoms with Crippen LogP contribution in [0.2, 0.25) is 0 Å². The molecule has 1 heterocycles. The van der Waals surface area contributed by atoms with Crippen LogP contribution in [0.3, 0.4) is 0 Å². The van der Waals surface area contributed by atoms with E-state index in [1.54, 1.807) is 0 Å². The van der Waals surface area contributed by atoms with E-state index in [4.69, 9.17) is 9.47 Å². The average molecular weight is 297 g/mol. The smallest absolute Gasteiger partial charge is 0.325 e. The van der Waals surface area contributed by atoms with Crippen LogP contribution in [0.15, 0.2) is 12.7 Å². The molecule has 2 fully saturated rings. The van der Waals surface area contributed by atoms with Gasteiger partial charge in [-0.3, -0.25) is 19.2 Å². The van der Waals surface area contributed by atoms with Crippen molar-refractivity contribution in [3.8, 4) is 0 Å². The molecular formula is C13H15NO7. The lowest BCUT2D eigenvalue weighted by molar-refractivity contribution is -0.170. The quantitative estimate of drug-likeness (QED) is 0.505. The first-order valence-electron chi connectivity index (χ1n) is 6.45. The zero-order valence-corrected chi connectivity index (χ0v) is 11.1. The van der Waals surface area contributed by atoms with E-state index in [1.165, 1.54) is 0 Å². The van der Waals surface area contributed by atoms with Crippen molar-refractivity contribution in [2.24, 2.45) is 11.8 Å². The molecule has 2 bridgehead atoms. The second kappa shape index (κ2) is 5.94. The van der Waals surface area contributed by atoms with Gasteiger partial charge in [0.15, 0.2) is 6.10 Å². The molecule has 2 rings (SSSR count). The van der Waals surface area contributed by atoms with E-state index in [-0.39, 0.29) is 6.42 Å². The average Bonchev–Trinajstić information content (AvgIpc) is 2.75. The Morgan fingerprint density at radius 1 is 1.43 bits per heavy atom. The van der Waals surface area contributed by atoms with Gasteiger partial charge in [-0.15, -0.1) is 0 Å². The third-order valence-electron chi connectivity index (χ3n) is 3.60. The summed E-state index contributed by atoms with van der Waals surface area (Å²) < 4.78 is 10.1. The molecule has 1 saturated heterocycles. The van der Waals surface area contributed by atoms with E-state index in [0.29, 0.717) is 6.42 Å². The highest BCUT2D eigenvalue weighted by Crippen LogP contribution is 2.39. The maximum Gasteiger partial charge on any atom is 0.325 e. The van der Waals surface area contributed by atoms with Crippen LogP contribution in [0, 0.1) is 11.8 Å². The third kappa shape index (κ3) is 3.21. The fourth-order valence-corrected chi connectivity index (χ4v) is 2.59. The summed E-state index contributed by atoms with van der Waals surface area (Å²) in [4.78, 5) is 45.3. The van der Waals surface area contributed by atoms with Crippen LogP contribution in [-0.2, 0) is 28.7 Å². The molecule has 8 heteroatoms. The zero-order valence-electron chi connectivity index (χ0n) is 11.1. The number of ether oxygens (including phenoxy) is 2. The molecule has 1 aliphatic carbocycles. The molecule has 0 aromatic carbocycles. The van der Waals surface area contributed by atoms with Gasteiger partial charge in [-0.1, -0.05) is 6.58 Å². The number of carboxylic acid groups (broad SMARTS) is 1. The van der Waals surface area contributed by atoms with Gasteiger partial charge < -0.3 is 19.9 Å². The number of hydrogen-bond donors (Lipinski definition) is 2. The van der Waals surface area contributed by atoms with E-state index >= 15 is 0 Å². The van der Waals surface area contributed by atoms with Gasteiger partial charge in [0.1, 0.15) is 12.6 Å². The van der Waals surface area contributed by atoms with E-state index < -0.39 is 54.4 Å². The van der Waals surface area contributed by atoms with Gasteiger partial charge in [0.2, 0.25) is 5.91 Å². The summed E-state index contributed by atoms with van der Waals surface area (Å²) in [6.45, 7) is 2.82. The Balaban J connectivity index is 2.00. The predicted molar refractivity (Wildman–Crippen MR) is 66.8 cm³/mol. The largest absolute Gasteiger partial charge is 0.481 e. The van der Waals surface area contributed by atoms with Gasteiger partial charge in [0, 0.05) is 6.42 Å². The van der Waals surface area contributed by atoms with E-state index in [1.807, 2.05) is 0 Å². The summed E-state index contributed by atoms with van der Waals surface area (Å²) >= 11 is 0. The molecule has 1 saturated carbocycles. The lowest BCUT2D eigenvalue weighted by Gasteiger charge is -2.30. The molecule has 4 unspecified atom stereocenters. The summed E-state index contributed by atoms with van der Waals surface area (Å²) in [5.41, 5.74) is 0. The topological polar surface area (TPSA) is 119 Å². The molecule has 1 amide bonds. The van der Waals surface area contributed by atoms with E-state index in [2.05, 4.69) is 11.9 Å². The second-order valence-electron chi connectivity index (χ2n) is 4.96. The molecule has 114 valence electrons. The van der Waals surface area contributed by atoms with Crippen molar-refractivity contribution in [1.29, 1.82) is 0 Å². The highest BCUT2D eigenvalue weighted by Gasteiger charge is 2.52. The Labute approximate surface area is 120 Å². The third-order valence-corrected chi connectivity index (χ3v) is 3.60. The van der Waals surface area contributed by atoms with Crippen LogP contribution < -0.4 is 5.32 Å². The fraction of sp³-hybridized carbons (Fsp3) is 0.538. The van der Waals surface area contributed by atoms with Crippen molar-refractivity contribution in [2.75, 3.05) is 6.54 Å². The van der Waals surface area contributed by atoms with Crippen LogP contribution in [0.4, 0.5) is 0 Å². The molecule has 0 aromatic rings. The Morgan fingerprint density at radius 2 is 2.14 bits per heavy atom. The van der Waals surface area contributed by atoms with Crippen LogP contribution in [0.25, 0.3) is 0 Å². The number of rotatable bonds is 5. The van der Waals surface area contributed by atoms with Gasteiger partial charge in [-0.05, 0) is 12.5 Å². The van der Waals surface area contributed by atoms with Gasteiger partial charge >= 0.3 is 17.9 Å². The van der Waals surface area contributed by atoms with Crippen molar-refractivity contribution >= 4 is 23.8 Å². The normalized spacial score (nSPS) is 30.2.